The molecule has 0 spiro atoms. The predicted octanol–water partition coefficient (Wildman–Crippen LogP) is 1.98. The van der Waals surface area contributed by atoms with Gasteiger partial charge in [0.15, 0.2) is 5.69 Å². The van der Waals surface area contributed by atoms with Gasteiger partial charge in [-0.3, -0.25) is 0 Å². The van der Waals surface area contributed by atoms with Gasteiger partial charge in [0.1, 0.15) is 0 Å². The Morgan fingerprint density at radius 2 is 2.00 bits per heavy atom. The Bertz CT molecular complexity index is 602. The number of esters is 1. The molecule has 0 N–H and O–H groups in total. The SMILES string of the molecule is COC(=O)c1nnn(-c2ccc(C)cc2C)c1C. The van der Waals surface area contributed by atoms with Crippen LogP contribution in [0, 0.1) is 20.8 Å². The predicted molar refractivity (Wildman–Crippen MR) is 66.9 cm³/mol. The summed E-state index contributed by atoms with van der Waals surface area (Å²) < 4.78 is 6.31. The molecule has 0 amide bonds. The van der Waals surface area contributed by atoms with Crippen molar-refractivity contribution in [3.8, 4) is 5.69 Å². The van der Waals surface area contributed by atoms with E-state index in [-0.39, 0.29) is 5.69 Å². The topological polar surface area (TPSA) is 57.0 Å². The van der Waals surface area contributed by atoms with Gasteiger partial charge in [0.05, 0.1) is 18.5 Å². The second-order valence-electron chi connectivity index (χ2n) is 4.22. The minimum absolute atomic E-state index is 0.248. The number of carbonyl (C=O) groups excluding carboxylic acids is 1. The van der Waals surface area contributed by atoms with Gasteiger partial charge in [0, 0.05) is 0 Å². The largest absolute Gasteiger partial charge is 0.464 e. The highest BCUT2D eigenvalue weighted by molar-refractivity contribution is 5.88. The standard InChI is InChI=1S/C13H15N3O2/c1-8-5-6-11(9(2)7-8)16-10(3)12(14-15-16)13(17)18-4/h5-7H,1-4H3. The van der Waals surface area contributed by atoms with E-state index in [1.54, 1.807) is 11.6 Å². The molecule has 0 saturated carbocycles. The molecule has 0 aliphatic rings. The molecule has 0 unspecified atom stereocenters. The van der Waals surface area contributed by atoms with Crippen LogP contribution in [-0.4, -0.2) is 28.1 Å². The van der Waals surface area contributed by atoms with Crippen molar-refractivity contribution in [1.82, 2.24) is 15.0 Å². The van der Waals surface area contributed by atoms with Crippen molar-refractivity contribution in [3.63, 3.8) is 0 Å². The van der Waals surface area contributed by atoms with Gasteiger partial charge in [0.25, 0.3) is 0 Å². The molecule has 0 radical (unpaired) electrons. The molecule has 1 heterocycles. The first-order valence-corrected chi connectivity index (χ1v) is 5.63. The summed E-state index contributed by atoms with van der Waals surface area (Å²) in [5, 5.41) is 7.88. The van der Waals surface area contributed by atoms with Crippen molar-refractivity contribution in [3.05, 3.63) is 40.7 Å². The summed E-state index contributed by atoms with van der Waals surface area (Å²) in [7, 11) is 1.33. The lowest BCUT2D eigenvalue weighted by Gasteiger charge is -2.07. The molecular formula is C13H15N3O2. The first-order chi connectivity index (χ1) is 8.54. The minimum atomic E-state index is -0.469. The molecule has 1 aromatic heterocycles. The summed E-state index contributed by atoms with van der Waals surface area (Å²) in [5.41, 5.74) is 4.11. The minimum Gasteiger partial charge on any atom is -0.464 e. The molecule has 0 saturated heterocycles. The molecule has 18 heavy (non-hydrogen) atoms. The molecule has 2 aromatic rings. The third-order valence-corrected chi connectivity index (χ3v) is 2.85. The van der Waals surface area contributed by atoms with E-state index < -0.39 is 5.97 Å². The number of ether oxygens (including phenoxy) is 1. The zero-order valence-electron chi connectivity index (χ0n) is 10.9. The van der Waals surface area contributed by atoms with Crippen molar-refractivity contribution in [2.75, 3.05) is 7.11 Å². The summed E-state index contributed by atoms with van der Waals surface area (Å²) in [5.74, 6) is -0.469. The molecule has 0 fully saturated rings. The number of nitrogens with zero attached hydrogens (tertiary/aromatic N) is 3. The van der Waals surface area contributed by atoms with Crippen LogP contribution in [0.4, 0.5) is 0 Å². The average Bonchev–Trinajstić information content (AvgIpc) is 2.70. The highest BCUT2D eigenvalue weighted by Gasteiger charge is 2.18. The Morgan fingerprint density at radius 1 is 1.28 bits per heavy atom. The van der Waals surface area contributed by atoms with E-state index in [4.69, 9.17) is 0 Å². The third-order valence-electron chi connectivity index (χ3n) is 2.85. The van der Waals surface area contributed by atoms with Crippen molar-refractivity contribution in [2.24, 2.45) is 0 Å². The highest BCUT2D eigenvalue weighted by Crippen LogP contribution is 2.17. The molecule has 2 rings (SSSR count). The molecule has 0 bridgehead atoms. The number of aryl methyl sites for hydroxylation is 2. The molecule has 5 heteroatoms. The van der Waals surface area contributed by atoms with Crippen molar-refractivity contribution >= 4 is 5.97 Å². The Hall–Kier alpha value is -2.17. The molecule has 94 valence electrons. The molecule has 0 aliphatic carbocycles. The van der Waals surface area contributed by atoms with Crippen LogP contribution in [0.25, 0.3) is 5.69 Å². The van der Waals surface area contributed by atoms with Crippen molar-refractivity contribution in [2.45, 2.75) is 20.8 Å². The van der Waals surface area contributed by atoms with Gasteiger partial charge in [-0.1, -0.05) is 22.9 Å². The molecule has 0 aliphatic heterocycles. The quantitative estimate of drug-likeness (QED) is 0.759. The van der Waals surface area contributed by atoms with Crippen molar-refractivity contribution < 1.29 is 9.53 Å². The van der Waals surface area contributed by atoms with E-state index in [0.29, 0.717) is 5.69 Å². The van der Waals surface area contributed by atoms with Gasteiger partial charge in [-0.25, -0.2) is 9.48 Å². The van der Waals surface area contributed by atoms with Gasteiger partial charge in [-0.2, -0.15) is 0 Å². The molecular weight excluding hydrogens is 230 g/mol. The second kappa shape index (κ2) is 4.60. The lowest BCUT2D eigenvalue weighted by atomic mass is 10.1. The van der Waals surface area contributed by atoms with Crippen LogP contribution in [0.2, 0.25) is 0 Å². The number of hydrogen-bond acceptors (Lipinski definition) is 4. The van der Waals surface area contributed by atoms with Gasteiger partial charge in [-0.05, 0) is 32.4 Å². The number of carbonyl (C=O) groups is 1. The zero-order valence-corrected chi connectivity index (χ0v) is 10.9. The third kappa shape index (κ3) is 1.99. The Balaban J connectivity index is 2.52. The Kier molecular flexibility index (Phi) is 3.14. The number of rotatable bonds is 2. The summed E-state index contributed by atoms with van der Waals surface area (Å²) in [4.78, 5) is 11.5. The van der Waals surface area contributed by atoms with E-state index >= 15 is 0 Å². The molecule has 0 atom stereocenters. The number of hydrogen-bond donors (Lipinski definition) is 0. The zero-order chi connectivity index (χ0) is 13.3. The fourth-order valence-corrected chi connectivity index (χ4v) is 1.89. The van der Waals surface area contributed by atoms with E-state index in [9.17, 15) is 4.79 Å². The lowest BCUT2D eigenvalue weighted by molar-refractivity contribution is 0.0593. The second-order valence-corrected chi connectivity index (χ2v) is 4.22. The summed E-state index contributed by atoms with van der Waals surface area (Å²) in [6, 6.07) is 6.03. The molecule has 1 aromatic carbocycles. The van der Waals surface area contributed by atoms with Gasteiger partial charge in [0.2, 0.25) is 0 Å². The van der Waals surface area contributed by atoms with Gasteiger partial charge in [-0.15, -0.1) is 5.10 Å². The fourth-order valence-electron chi connectivity index (χ4n) is 1.89. The molecule has 5 nitrogen and oxygen atoms in total. The van der Waals surface area contributed by atoms with E-state index in [2.05, 4.69) is 21.1 Å². The van der Waals surface area contributed by atoms with Gasteiger partial charge >= 0.3 is 5.97 Å². The van der Waals surface area contributed by atoms with Crippen LogP contribution in [0.15, 0.2) is 18.2 Å². The smallest absolute Gasteiger partial charge is 0.360 e. The van der Waals surface area contributed by atoms with E-state index in [1.807, 2.05) is 26.0 Å². The Morgan fingerprint density at radius 3 is 2.61 bits per heavy atom. The number of methoxy groups -OCH3 is 1. The Labute approximate surface area is 105 Å². The highest BCUT2D eigenvalue weighted by atomic mass is 16.5. The average molecular weight is 245 g/mol. The van der Waals surface area contributed by atoms with Crippen LogP contribution in [0.5, 0.6) is 0 Å². The number of benzene rings is 1. The monoisotopic (exact) mass is 245 g/mol. The van der Waals surface area contributed by atoms with Crippen LogP contribution >= 0.6 is 0 Å². The fraction of sp³-hybridized carbons (Fsp3) is 0.308. The first kappa shape index (κ1) is 12.3. The van der Waals surface area contributed by atoms with Crippen LogP contribution < -0.4 is 0 Å². The maximum Gasteiger partial charge on any atom is 0.360 e. The first-order valence-electron chi connectivity index (χ1n) is 5.63. The van der Waals surface area contributed by atoms with Crippen molar-refractivity contribution in [1.29, 1.82) is 0 Å². The van der Waals surface area contributed by atoms with Crippen LogP contribution in [0.3, 0.4) is 0 Å². The maximum absolute atomic E-state index is 11.5. The summed E-state index contributed by atoms with van der Waals surface area (Å²) in [6.45, 7) is 5.83. The van der Waals surface area contributed by atoms with Crippen LogP contribution in [-0.2, 0) is 4.74 Å². The summed E-state index contributed by atoms with van der Waals surface area (Å²) in [6.07, 6.45) is 0. The number of aromatic nitrogens is 3. The van der Waals surface area contributed by atoms with E-state index in [0.717, 1.165) is 11.3 Å². The maximum atomic E-state index is 11.5. The summed E-state index contributed by atoms with van der Waals surface area (Å²) >= 11 is 0. The normalized spacial score (nSPS) is 10.4. The van der Waals surface area contributed by atoms with Gasteiger partial charge < -0.3 is 4.74 Å². The lowest BCUT2D eigenvalue weighted by Crippen LogP contribution is -2.06. The van der Waals surface area contributed by atoms with E-state index in [1.165, 1.54) is 12.7 Å². The van der Waals surface area contributed by atoms with Crippen LogP contribution in [0.1, 0.15) is 27.3 Å².